The van der Waals surface area contributed by atoms with Gasteiger partial charge >= 0.3 is 7.12 Å². The topological polar surface area (TPSA) is 49.7 Å². The summed E-state index contributed by atoms with van der Waals surface area (Å²) in [4.78, 5) is 0. The third-order valence-corrected chi connectivity index (χ3v) is 4.22. The Morgan fingerprint density at radius 2 is 1.86 bits per heavy atom. The zero-order chi connectivity index (χ0) is 15.7. The molecule has 0 atom stereocenters. The lowest BCUT2D eigenvalue weighted by molar-refractivity contribution is 0.411. The molecule has 0 amide bonds. The standard InChI is InChI=1S/C18H19BO3/c1-12-9-13(6-8-18(12)22-2)14-3-4-16-11-17(19(20)21)7-5-15(16)10-14/h5-11,20-21H,3-4H2,1-2H3. The lowest BCUT2D eigenvalue weighted by atomic mass is 9.77. The normalized spacial score (nSPS) is 13.4. The maximum absolute atomic E-state index is 9.26. The SMILES string of the molecule is COc1ccc(C2=Cc3ccc(B(O)O)cc3CC2)cc1C. The van der Waals surface area contributed by atoms with Crippen LogP contribution < -0.4 is 10.2 Å². The van der Waals surface area contributed by atoms with Crippen LogP contribution in [0.15, 0.2) is 36.4 Å². The van der Waals surface area contributed by atoms with Crippen molar-refractivity contribution in [2.45, 2.75) is 19.8 Å². The predicted molar refractivity (Wildman–Crippen MR) is 90.2 cm³/mol. The zero-order valence-electron chi connectivity index (χ0n) is 12.8. The minimum absolute atomic E-state index is 0.552. The van der Waals surface area contributed by atoms with Crippen molar-refractivity contribution in [3.8, 4) is 5.75 Å². The molecule has 2 aromatic rings. The van der Waals surface area contributed by atoms with Crippen molar-refractivity contribution in [3.63, 3.8) is 0 Å². The van der Waals surface area contributed by atoms with Crippen molar-refractivity contribution in [1.29, 1.82) is 0 Å². The number of ether oxygens (including phenoxy) is 1. The Kier molecular flexibility index (Phi) is 4.05. The molecule has 0 saturated heterocycles. The summed E-state index contributed by atoms with van der Waals surface area (Å²) in [5.74, 6) is 0.905. The van der Waals surface area contributed by atoms with E-state index in [0.717, 1.165) is 29.7 Å². The van der Waals surface area contributed by atoms with Crippen LogP contribution in [0.5, 0.6) is 5.75 Å². The van der Waals surface area contributed by atoms with Crippen molar-refractivity contribution >= 4 is 24.2 Å². The van der Waals surface area contributed by atoms with Crippen LogP contribution in [0, 0.1) is 6.92 Å². The van der Waals surface area contributed by atoms with E-state index in [4.69, 9.17) is 4.74 Å². The minimum Gasteiger partial charge on any atom is -0.496 e. The van der Waals surface area contributed by atoms with Crippen LogP contribution in [-0.2, 0) is 6.42 Å². The second-order valence-electron chi connectivity index (χ2n) is 5.69. The second kappa shape index (κ2) is 5.99. The zero-order valence-corrected chi connectivity index (χ0v) is 12.8. The molecule has 0 fully saturated rings. The quantitative estimate of drug-likeness (QED) is 0.853. The Labute approximate surface area is 131 Å². The van der Waals surface area contributed by atoms with Gasteiger partial charge in [-0.1, -0.05) is 30.3 Å². The van der Waals surface area contributed by atoms with Crippen LogP contribution in [-0.4, -0.2) is 24.3 Å². The summed E-state index contributed by atoms with van der Waals surface area (Å²) in [6, 6.07) is 11.9. The van der Waals surface area contributed by atoms with Gasteiger partial charge in [-0.05, 0) is 65.2 Å². The van der Waals surface area contributed by atoms with Crippen LogP contribution in [0.2, 0.25) is 0 Å². The van der Waals surface area contributed by atoms with Crippen molar-refractivity contribution < 1.29 is 14.8 Å². The summed E-state index contributed by atoms with van der Waals surface area (Å²) < 4.78 is 5.31. The largest absolute Gasteiger partial charge is 0.496 e. The average molecular weight is 294 g/mol. The number of aryl methyl sites for hydroxylation is 2. The maximum atomic E-state index is 9.26. The molecule has 4 heteroatoms. The molecular formula is C18H19BO3. The fraction of sp³-hybridized carbons (Fsp3) is 0.222. The first-order chi connectivity index (χ1) is 10.6. The minimum atomic E-state index is -1.40. The molecule has 22 heavy (non-hydrogen) atoms. The van der Waals surface area contributed by atoms with E-state index in [-0.39, 0.29) is 0 Å². The molecule has 0 radical (unpaired) electrons. The summed E-state index contributed by atoms with van der Waals surface area (Å²) >= 11 is 0. The number of benzene rings is 2. The molecule has 2 aromatic carbocycles. The molecule has 0 aromatic heterocycles. The number of methoxy groups -OCH3 is 1. The van der Waals surface area contributed by atoms with Gasteiger partial charge in [0.2, 0.25) is 0 Å². The fourth-order valence-corrected chi connectivity index (χ4v) is 2.98. The molecule has 3 rings (SSSR count). The van der Waals surface area contributed by atoms with Crippen molar-refractivity contribution in [2.24, 2.45) is 0 Å². The third kappa shape index (κ3) is 2.80. The second-order valence-corrected chi connectivity index (χ2v) is 5.69. The Hall–Kier alpha value is -2.04. The maximum Gasteiger partial charge on any atom is 0.488 e. The van der Waals surface area contributed by atoms with Gasteiger partial charge < -0.3 is 14.8 Å². The molecule has 0 saturated carbocycles. The monoisotopic (exact) mass is 294 g/mol. The summed E-state index contributed by atoms with van der Waals surface area (Å²) in [5.41, 5.74) is 6.52. The molecular weight excluding hydrogens is 275 g/mol. The van der Waals surface area contributed by atoms with E-state index in [1.54, 1.807) is 13.2 Å². The molecule has 0 bridgehead atoms. The van der Waals surface area contributed by atoms with Crippen LogP contribution in [0.1, 0.15) is 28.7 Å². The van der Waals surface area contributed by atoms with E-state index in [9.17, 15) is 10.0 Å². The molecule has 112 valence electrons. The van der Waals surface area contributed by atoms with Crippen LogP contribution in [0.3, 0.4) is 0 Å². The van der Waals surface area contributed by atoms with E-state index in [1.165, 1.54) is 16.7 Å². The first-order valence-electron chi connectivity index (χ1n) is 7.43. The van der Waals surface area contributed by atoms with Gasteiger partial charge in [0.05, 0.1) is 7.11 Å². The molecule has 3 nitrogen and oxygen atoms in total. The number of hydrogen-bond acceptors (Lipinski definition) is 3. The summed E-state index contributed by atoms with van der Waals surface area (Å²) in [7, 11) is 0.283. The van der Waals surface area contributed by atoms with Crippen molar-refractivity contribution in [3.05, 3.63) is 58.7 Å². The third-order valence-electron chi connectivity index (χ3n) is 4.22. The van der Waals surface area contributed by atoms with E-state index in [0.29, 0.717) is 5.46 Å². The van der Waals surface area contributed by atoms with Gasteiger partial charge in [-0.3, -0.25) is 0 Å². The van der Waals surface area contributed by atoms with E-state index in [2.05, 4.69) is 25.1 Å². The van der Waals surface area contributed by atoms with Gasteiger partial charge in [0.1, 0.15) is 5.75 Å². The highest BCUT2D eigenvalue weighted by atomic mass is 16.5. The Morgan fingerprint density at radius 3 is 2.55 bits per heavy atom. The van der Waals surface area contributed by atoms with Crippen molar-refractivity contribution in [1.82, 2.24) is 0 Å². The predicted octanol–water partition coefficient (Wildman–Crippen LogP) is 2.17. The molecule has 0 aliphatic heterocycles. The summed E-state index contributed by atoms with van der Waals surface area (Å²) in [6.45, 7) is 2.05. The Morgan fingerprint density at radius 1 is 1.05 bits per heavy atom. The number of rotatable bonds is 3. The first-order valence-corrected chi connectivity index (χ1v) is 7.43. The number of hydrogen-bond donors (Lipinski definition) is 2. The Balaban J connectivity index is 1.95. The van der Waals surface area contributed by atoms with Gasteiger partial charge in [0, 0.05) is 0 Å². The van der Waals surface area contributed by atoms with Gasteiger partial charge in [-0.15, -0.1) is 0 Å². The van der Waals surface area contributed by atoms with Gasteiger partial charge in [-0.2, -0.15) is 0 Å². The smallest absolute Gasteiger partial charge is 0.488 e. The molecule has 1 aliphatic rings. The Bertz CT molecular complexity index is 735. The van der Waals surface area contributed by atoms with Gasteiger partial charge in [-0.25, -0.2) is 0 Å². The molecule has 1 aliphatic carbocycles. The number of allylic oxidation sites excluding steroid dienone is 1. The molecule has 2 N–H and O–H groups in total. The summed E-state index contributed by atoms with van der Waals surface area (Å²) in [6.07, 6.45) is 4.05. The highest BCUT2D eigenvalue weighted by Gasteiger charge is 2.16. The summed E-state index contributed by atoms with van der Waals surface area (Å²) in [5, 5.41) is 18.5. The van der Waals surface area contributed by atoms with Crippen LogP contribution in [0.4, 0.5) is 0 Å². The lowest BCUT2D eigenvalue weighted by Crippen LogP contribution is -2.30. The first kappa shape index (κ1) is 14.9. The lowest BCUT2D eigenvalue weighted by Gasteiger charge is -2.18. The average Bonchev–Trinajstić information content (AvgIpc) is 2.53. The van der Waals surface area contributed by atoms with Crippen LogP contribution >= 0.6 is 0 Å². The highest BCUT2D eigenvalue weighted by Crippen LogP contribution is 2.32. The van der Waals surface area contributed by atoms with E-state index < -0.39 is 7.12 Å². The van der Waals surface area contributed by atoms with E-state index >= 15 is 0 Å². The molecule has 0 spiro atoms. The molecule has 0 heterocycles. The highest BCUT2D eigenvalue weighted by molar-refractivity contribution is 6.58. The fourth-order valence-electron chi connectivity index (χ4n) is 2.98. The van der Waals surface area contributed by atoms with Gasteiger partial charge in [0.25, 0.3) is 0 Å². The van der Waals surface area contributed by atoms with E-state index in [1.807, 2.05) is 18.2 Å². The van der Waals surface area contributed by atoms with Gasteiger partial charge in [0.15, 0.2) is 0 Å². The number of fused-ring (bicyclic) bond motifs is 1. The molecule has 0 unspecified atom stereocenters. The van der Waals surface area contributed by atoms with Crippen LogP contribution in [0.25, 0.3) is 11.6 Å². The van der Waals surface area contributed by atoms with Crippen molar-refractivity contribution in [2.75, 3.05) is 7.11 Å².